The first-order chi connectivity index (χ1) is 11.1. The normalized spacial score (nSPS) is 13.3. The number of amides is 1. The number of halogens is 1. The molecule has 1 aliphatic carbocycles. The zero-order chi connectivity index (χ0) is 16.2. The van der Waals surface area contributed by atoms with Gasteiger partial charge in [-0.25, -0.2) is 4.79 Å². The van der Waals surface area contributed by atoms with Gasteiger partial charge in [0.2, 0.25) is 0 Å². The van der Waals surface area contributed by atoms with Crippen molar-refractivity contribution in [1.82, 2.24) is 0 Å². The van der Waals surface area contributed by atoms with E-state index in [1.54, 1.807) is 12.1 Å². The molecule has 118 valence electrons. The maximum Gasteiger partial charge on any atom is 0.411 e. The van der Waals surface area contributed by atoms with Gasteiger partial charge >= 0.3 is 6.09 Å². The molecule has 0 fully saturated rings. The van der Waals surface area contributed by atoms with E-state index in [4.69, 9.17) is 4.74 Å². The van der Waals surface area contributed by atoms with Crippen LogP contribution in [0.2, 0.25) is 0 Å². The second kappa shape index (κ2) is 6.96. The molecule has 1 aliphatic rings. The lowest BCUT2D eigenvalue weighted by Gasteiger charge is -2.18. The number of rotatable bonds is 3. The zero-order valence-corrected chi connectivity index (χ0v) is 14.1. The highest BCUT2D eigenvalue weighted by Crippen LogP contribution is 2.34. The Hall–Kier alpha value is -2.14. The minimum absolute atomic E-state index is 0.158. The Kier molecular flexibility index (Phi) is 4.76. The van der Waals surface area contributed by atoms with Crippen molar-refractivity contribution < 1.29 is 14.3 Å². The van der Waals surface area contributed by atoms with E-state index >= 15 is 0 Å². The fourth-order valence-corrected chi connectivity index (χ4v) is 3.30. The largest absolute Gasteiger partial charge is 0.444 e. The van der Waals surface area contributed by atoms with Gasteiger partial charge in [-0.1, -0.05) is 30.3 Å². The molecule has 23 heavy (non-hydrogen) atoms. The van der Waals surface area contributed by atoms with Gasteiger partial charge in [-0.15, -0.1) is 0 Å². The number of Topliss-reactive ketones (excluding diaryl/α,β-unsaturated/α-hetero) is 1. The van der Waals surface area contributed by atoms with Gasteiger partial charge in [-0.2, -0.15) is 0 Å². The highest BCUT2D eigenvalue weighted by Gasteiger charge is 2.21. The number of ketones is 1. The fourth-order valence-electron chi connectivity index (χ4n) is 2.65. The van der Waals surface area contributed by atoms with Gasteiger partial charge in [0, 0.05) is 16.5 Å². The molecule has 0 radical (unpaired) electrons. The molecular formula is C18H16BrNO3. The SMILES string of the molecule is O=C(Nc1ccc2c(c1Br)CCCC2=O)OCc1ccccc1. The van der Waals surface area contributed by atoms with E-state index < -0.39 is 6.09 Å². The van der Waals surface area contributed by atoms with E-state index in [0.717, 1.165) is 34.0 Å². The average molecular weight is 374 g/mol. The summed E-state index contributed by atoms with van der Waals surface area (Å²) in [5.74, 6) is 0.158. The van der Waals surface area contributed by atoms with Crippen LogP contribution < -0.4 is 5.32 Å². The van der Waals surface area contributed by atoms with Crippen molar-refractivity contribution >= 4 is 33.5 Å². The summed E-state index contributed by atoms with van der Waals surface area (Å²) in [4.78, 5) is 23.8. The Morgan fingerprint density at radius 1 is 1.13 bits per heavy atom. The molecule has 0 aromatic heterocycles. The first kappa shape index (κ1) is 15.7. The first-order valence-electron chi connectivity index (χ1n) is 7.47. The number of anilines is 1. The van der Waals surface area contributed by atoms with E-state index in [0.29, 0.717) is 12.1 Å². The standard InChI is InChI=1S/C18H16BrNO3/c19-17-14-7-4-8-16(21)13(14)9-10-15(17)20-18(22)23-11-12-5-2-1-3-6-12/h1-3,5-6,9-10H,4,7-8,11H2,(H,20,22). The number of hydrogen-bond donors (Lipinski definition) is 1. The molecule has 2 aromatic rings. The third kappa shape index (κ3) is 3.62. The minimum Gasteiger partial charge on any atom is -0.444 e. The van der Waals surface area contributed by atoms with E-state index in [1.165, 1.54) is 0 Å². The molecule has 4 nitrogen and oxygen atoms in total. The fraction of sp³-hybridized carbons (Fsp3) is 0.222. The molecule has 0 unspecified atom stereocenters. The molecule has 0 saturated carbocycles. The predicted molar refractivity (Wildman–Crippen MR) is 91.7 cm³/mol. The molecule has 1 amide bonds. The van der Waals surface area contributed by atoms with Crippen LogP contribution in [0.25, 0.3) is 0 Å². The van der Waals surface area contributed by atoms with Crippen LogP contribution >= 0.6 is 15.9 Å². The number of benzene rings is 2. The summed E-state index contributed by atoms with van der Waals surface area (Å²) in [7, 11) is 0. The second-order valence-electron chi connectivity index (χ2n) is 5.42. The summed E-state index contributed by atoms with van der Waals surface area (Å²) in [6.07, 6.45) is 1.74. The van der Waals surface area contributed by atoms with Crippen LogP contribution in [0.3, 0.4) is 0 Å². The van der Waals surface area contributed by atoms with Crippen LogP contribution in [-0.4, -0.2) is 11.9 Å². The lowest BCUT2D eigenvalue weighted by atomic mass is 9.90. The molecule has 3 rings (SSSR count). The van der Waals surface area contributed by atoms with Crippen LogP contribution in [-0.2, 0) is 17.8 Å². The van der Waals surface area contributed by atoms with Crippen LogP contribution in [0.15, 0.2) is 46.9 Å². The summed E-state index contributed by atoms with van der Waals surface area (Å²) in [6.45, 7) is 0.216. The Bertz CT molecular complexity index is 743. The van der Waals surface area contributed by atoms with Gasteiger partial charge in [0.15, 0.2) is 5.78 Å². The van der Waals surface area contributed by atoms with Crippen molar-refractivity contribution in [2.45, 2.75) is 25.9 Å². The van der Waals surface area contributed by atoms with Gasteiger partial charge in [0.1, 0.15) is 6.61 Å². The van der Waals surface area contributed by atoms with E-state index in [1.807, 2.05) is 30.3 Å². The quantitative estimate of drug-likeness (QED) is 0.846. The zero-order valence-electron chi connectivity index (χ0n) is 12.5. The van der Waals surface area contributed by atoms with Crippen molar-refractivity contribution in [2.75, 3.05) is 5.32 Å². The highest BCUT2D eigenvalue weighted by molar-refractivity contribution is 9.10. The van der Waals surface area contributed by atoms with Crippen molar-refractivity contribution in [3.8, 4) is 0 Å². The monoisotopic (exact) mass is 373 g/mol. The van der Waals surface area contributed by atoms with Crippen molar-refractivity contribution in [3.63, 3.8) is 0 Å². The van der Waals surface area contributed by atoms with Crippen molar-refractivity contribution in [2.24, 2.45) is 0 Å². The topological polar surface area (TPSA) is 55.4 Å². The number of fused-ring (bicyclic) bond motifs is 1. The molecule has 1 N–H and O–H groups in total. The van der Waals surface area contributed by atoms with Gasteiger partial charge in [0.25, 0.3) is 0 Å². The van der Waals surface area contributed by atoms with Gasteiger partial charge in [0.05, 0.1) is 5.69 Å². The molecule has 0 heterocycles. The van der Waals surface area contributed by atoms with Crippen molar-refractivity contribution in [3.05, 3.63) is 63.6 Å². The third-order valence-corrected chi connectivity index (χ3v) is 4.73. The molecule has 0 aliphatic heterocycles. The van der Waals surface area contributed by atoms with E-state index in [-0.39, 0.29) is 12.4 Å². The summed E-state index contributed by atoms with van der Waals surface area (Å²) in [6, 6.07) is 13.0. The van der Waals surface area contributed by atoms with E-state index in [9.17, 15) is 9.59 Å². The third-order valence-electron chi connectivity index (χ3n) is 3.82. The smallest absolute Gasteiger partial charge is 0.411 e. The summed E-state index contributed by atoms with van der Waals surface area (Å²) in [5.41, 5.74) is 3.25. The minimum atomic E-state index is -0.517. The Morgan fingerprint density at radius 3 is 2.70 bits per heavy atom. The average Bonchev–Trinajstić information content (AvgIpc) is 2.57. The lowest BCUT2D eigenvalue weighted by molar-refractivity contribution is 0.0972. The maximum atomic E-state index is 11.9. The van der Waals surface area contributed by atoms with Crippen LogP contribution in [0.4, 0.5) is 10.5 Å². The van der Waals surface area contributed by atoms with Crippen molar-refractivity contribution in [1.29, 1.82) is 0 Å². The number of carbonyl (C=O) groups is 2. The summed E-state index contributed by atoms with van der Waals surface area (Å²) < 4.78 is 5.98. The Balaban J connectivity index is 1.68. The molecule has 5 heteroatoms. The number of nitrogens with one attached hydrogen (secondary N) is 1. The molecule has 0 spiro atoms. The predicted octanol–water partition coefficient (Wildman–Crippen LogP) is 4.72. The molecule has 0 bridgehead atoms. The molecule has 0 saturated heterocycles. The maximum absolute atomic E-state index is 11.9. The lowest BCUT2D eigenvalue weighted by Crippen LogP contribution is -2.16. The summed E-state index contributed by atoms with van der Waals surface area (Å²) in [5, 5.41) is 2.73. The van der Waals surface area contributed by atoms with Crippen LogP contribution in [0.1, 0.15) is 34.3 Å². The first-order valence-corrected chi connectivity index (χ1v) is 8.27. The number of ether oxygens (including phenoxy) is 1. The van der Waals surface area contributed by atoms with Crippen LogP contribution in [0.5, 0.6) is 0 Å². The second-order valence-corrected chi connectivity index (χ2v) is 6.21. The van der Waals surface area contributed by atoms with Crippen LogP contribution in [0, 0.1) is 0 Å². The Labute approximate surface area is 143 Å². The Morgan fingerprint density at radius 2 is 1.91 bits per heavy atom. The van der Waals surface area contributed by atoms with Gasteiger partial charge in [-0.3, -0.25) is 10.1 Å². The highest BCUT2D eigenvalue weighted by atomic mass is 79.9. The van der Waals surface area contributed by atoms with E-state index in [2.05, 4.69) is 21.2 Å². The number of hydrogen-bond acceptors (Lipinski definition) is 3. The molecular weight excluding hydrogens is 358 g/mol. The molecule has 0 atom stereocenters. The molecule has 2 aromatic carbocycles. The van der Waals surface area contributed by atoms with Gasteiger partial charge < -0.3 is 4.74 Å². The van der Waals surface area contributed by atoms with Gasteiger partial charge in [-0.05, 0) is 52.0 Å². The number of carbonyl (C=O) groups excluding carboxylic acids is 2. The summed E-state index contributed by atoms with van der Waals surface area (Å²) >= 11 is 3.50.